The quantitative estimate of drug-likeness (QED) is 0.543. The van der Waals surface area contributed by atoms with Crippen LogP contribution in [0.4, 0.5) is 0 Å². The number of halogens is 2. The predicted octanol–water partition coefficient (Wildman–Crippen LogP) is 4.70. The Hall–Kier alpha value is -2.37. The van der Waals surface area contributed by atoms with Gasteiger partial charge < -0.3 is 15.3 Å². The van der Waals surface area contributed by atoms with E-state index in [-0.39, 0.29) is 5.91 Å². The molecule has 156 valence electrons. The van der Waals surface area contributed by atoms with Crippen LogP contribution in [0.2, 0.25) is 10.0 Å². The Balaban J connectivity index is 2.37. The van der Waals surface area contributed by atoms with Crippen molar-refractivity contribution in [2.45, 2.75) is 12.1 Å². The average Bonchev–Trinajstić information content (AvgIpc) is 2.73. The molecule has 0 saturated heterocycles. The fourth-order valence-corrected chi connectivity index (χ4v) is 3.95. The average molecular weight is 443 g/mol. The number of amides is 1. The Morgan fingerprint density at radius 2 is 1.60 bits per heavy atom. The number of nitrogens with zero attached hydrogens (tertiary/aromatic N) is 1. The number of nitrogens with one attached hydrogen (secondary N) is 1. The maximum Gasteiger partial charge on any atom is 0.251 e. The summed E-state index contributed by atoms with van der Waals surface area (Å²) >= 11 is 12.3. The molecular formula is C24H24Cl2N2O2. The van der Waals surface area contributed by atoms with Gasteiger partial charge in [0.1, 0.15) is 5.60 Å². The predicted molar refractivity (Wildman–Crippen MR) is 122 cm³/mol. The lowest BCUT2D eigenvalue weighted by Crippen LogP contribution is -2.34. The zero-order chi connectivity index (χ0) is 21.9. The number of hydrogen-bond acceptors (Lipinski definition) is 3. The van der Waals surface area contributed by atoms with Crippen molar-refractivity contribution >= 4 is 29.1 Å². The van der Waals surface area contributed by atoms with Gasteiger partial charge in [-0.05, 0) is 55.1 Å². The van der Waals surface area contributed by atoms with E-state index < -0.39 is 5.60 Å². The topological polar surface area (TPSA) is 52.6 Å². The lowest BCUT2D eigenvalue weighted by Gasteiger charge is -2.34. The summed E-state index contributed by atoms with van der Waals surface area (Å²) in [6.07, 6.45) is 0. The highest BCUT2D eigenvalue weighted by Crippen LogP contribution is 2.41. The van der Waals surface area contributed by atoms with Gasteiger partial charge in [-0.15, -0.1) is 0 Å². The summed E-state index contributed by atoms with van der Waals surface area (Å²) in [5.41, 5.74) is 1.39. The Morgan fingerprint density at radius 3 is 2.23 bits per heavy atom. The van der Waals surface area contributed by atoms with E-state index in [1.807, 2.05) is 43.3 Å². The third-order valence-corrected chi connectivity index (χ3v) is 5.49. The third-order valence-electron chi connectivity index (χ3n) is 5.00. The summed E-state index contributed by atoms with van der Waals surface area (Å²) < 4.78 is 0. The number of carbonyl (C=O) groups excluding carboxylic acids is 1. The number of benzene rings is 3. The van der Waals surface area contributed by atoms with Crippen molar-refractivity contribution in [3.63, 3.8) is 0 Å². The summed E-state index contributed by atoms with van der Waals surface area (Å²) in [4.78, 5) is 14.7. The van der Waals surface area contributed by atoms with E-state index in [0.29, 0.717) is 38.8 Å². The van der Waals surface area contributed by atoms with Crippen LogP contribution in [-0.4, -0.2) is 37.1 Å². The second kappa shape index (κ2) is 9.19. The van der Waals surface area contributed by atoms with Crippen LogP contribution in [0.1, 0.15) is 32.6 Å². The van der Waals surface area contributed by atoms with Crippen molar-refractivity contribution in [1.82, 2.24) is 10.2 Å². The van der Waals surface area contributed by atoms with E-state index in [4.69, 9.17) is 23.2 Å². The maximum atomic E-state index is 12.7. The van der Waals surface area contributed by atoms with Gasteiger partial charge in [0.2, 0.25) is 0 Å². The molecule has 4 nitrogen and oxygen atoms in total. The first-order chi connectivity index (χ1) is 14.3. The van der Waals surface area contributed by atoms with E-state index in [9.17, 15) is 9.90 Å². The molecule has 1 atom stereocenters. The van der Waals surface area contributed by atoms with Crippen LogP contribution in [0, 0.1) is 0 Å². The Bertz CT molecular complexity index is 1050. The van der Waals surface area contributed by atoms with E-state index in [2.05, 4.69) is 5.32 Å². The molecule has 6 heteroatoms. The lowest BCUT2D eigenvalue weighted by atomic mass is 9.76. The van der Waals surface area contributed by atoms with Gasteiger partial charge in [0.15, 0.2) is 0 Å². The molecule has 0 aliphatic rings. The van der Waals surface area contributed by atoms with Gasteiger partial charge >= 0.3 is 0 Å². The molecule has 0 aliphatic heterocycles. The molecule has 1 unspecified atom stereocenters. The zero-order valence-electron chi connectivity index (χ0n) is 17.1. The first kappa shape index (κ1) is 22.3. The van der Waals surface area contributed by atoms with Crippen molar-refractivity contribution < 1.29 is 9.90 Å². The number of aliphatic hydroxyl groups is 1. The van der Waals surface area contributed by atoms with E-state index in [1.165, 1.54) is 0 Å². The molecular weight excluding hydrogens is 419 g/mol. The molecule has 0 fully saturated rings. The van der Waals surface area contributed by atoms with Crippen molar-refractivity contribution in [1.29, 1.82) is 0 Å². The molecule has 2 N–H and O–H groups in total. The van der Waals surface area contributed by atoms with E-state index in [0.717, 1.165) is 5.56 Å². The van der Waals surface area contributed by atoms with Crippen LogP contribution >= 0.6 is 23.2 Å². The molecule has 0 spiro atoms. The van der Waals surface area contributed by atoms with Gasteiger partial charge in [-0.3, -0.25) is 4.79 Å². The highest BCUT2D eigenvalue weighted by Gasteiger charge is 2.38. The van der Waals surface area contributed by atoms with Crippen LogP contribution in [-0.2, 0) is 12.1 Å². The molecule has 3 rings (SSSR count). The highest BCUT2D eigenvalue weighted by atomic mass is 35.5. The first-order valence-electron chi connectivity index (χ1n) is 9.51. The monoisotopic (exact) mass is 442 g/mol. The van der Waals surface area contributed by atoms with Gasteiger partial charge in [0.05, 0.1) is 0 Å². The van der Waals surface area contributed by atoms with Crippen molar-refractivity contribution in [3.8, 4) is 0 Å². The maximum absolute atomic E-state index is 12.7. The number of hydrogen-bond donors (Lipinski definition) is 2. The minimum Gasteiger partial charge on any atom is -0.376 e. The molecule has 0 aliphatic carbocycles. The Labute approximate surface area is 187 Å². The van der Waals surface area contributed by atoms with Gasteiger partial charge in [-0.1, -0.05) is 65.7 Å². The molecule has 0 heterocycles. The molecule has 0 radical (unpaired) electrons. The molecule has 30 heavy (non-hydrogen) atoms. The van der Waals surface area contributed by atoms with E-state index >= 15 is 0 Å². The normalized spacial score (nSPS) is 13.2. The Kier molecular flexibility index (Phi) is 6.84. The molecule has 3 aromatic carbocycles. The summed E-state index contributed by atoms with van der Waals surface area (Å²) in [6, 6.07) is 19.6. The van der Waals surface area contributed by atoms with Crippen LogP contribution in [0.25, 0.3) is 0 Å². The summed E-state index contributed by atoms with van der Waals surface area (Å²) in [5, 5.41) is 16.0. The SMILES string of the molecule is CNC(=O)c1cc(Cl)ccc1C(O)(c1ccc(Cl)cc1)c1ccccc1CN(C)C. The fraction of sp³-hybridized carbons (Fsp3) is 0.208. The number of rotatable bonds is 6. The minimum atomic E-state index is -1.59. The van der Waals surface area contributed by atoms with Gasteiger partial charge in [-0.2, -0.15) is 0 Å². The molecule has 0 bridgehead atoms. The smallest absolute Gasteiger partial charge is 0.251 e. The summed E-state index contributed by atoms with van der Waals surface area (Å²) in [6.45, 7) is 0.620. The molecule has 1 amide bonds. The fourth-order valence-electron chi connectivity index (χ4n) is 3.65. The van der Waals surface area contributed by atoms with Gasteiger partial charge in [0.25, 0.3) is 5.91 Å². The molecule has 3 aromatic rings. The van der Waals surface area contributed by atoms with Crippen molar-refractivity contribution in [2.75, 3.05) is 21.1 Å². The Morgan fingerprint density at radius 1 is 0.967 bits per heavy atom. The first-order valence-corrected chi connectivity index (χ1v) is 10.3. The van der Waals surface area contributed by atoms with Crippen LogP contribution in [0.5, 0.6) is 0 Å². The second-order valence-corrected chi connectivity index (χ2v) is 8.25. The zero-order valence-corrected chi connectivity index (χ0v) is 18.6. The van der Waals surface area contributed by atoms with Gasteiger partial charge in [-0.25, -0.2) is 0 Å². The standard InChI is InChI=1S/C24H24Cl2N2O2/c1-27-23(29)20-14-19(26)12-13-22(20)24(30,17-8-10-18(25)11-9-17)21-7-5-4-6-16(21)15-28(2)3/h4-14,30H,15H2,1-3H3,(H,27,29). The molecule has 0 saturated carbocycles. The summed E-state index contributed by atoms with van der Waals surface area (Å²) in [5.74, 6) is -0.329. The van der Waals surface area contributed by atoms with Crippen LogP contribution < -0.4 is 5.32 Å². The minimum absolute atomic E-state index is 0.308. The largest absolute Gasteiger partial charge is 0.376 e. The van der Waals surface area contributed by atoms with Gasteiger partial charge in [0, 0.05) is 34.8 Å². The lowest BCUT2D eigenvalue weighted by molar-refractivity contribution is 0.0938. The van der Waals surface area contributed by atoms with Crippen LogP contribution in [0.3, 0.4) is 0 Å². The van der Waals surface area contributed by atoms with Crippen molar-refractivity contribution in [3.05, 3.63) is 105 Å². The van der Waals surface area contributed by atoms with E-state index in [1.54, 1.807) is 49.5 Å². The second-order valence-electron chi connectivity index (χ2n) is 7.38. The van der Waals surface area contributed by atoms with Crippen molar-refractivity contribution in [2.24, 2.45) is 0 Å². The number of carbonyl (C=O) groups is 1. The summed E-state index contributed by atoms with van der Waals surface area (Å²) in [7, 11) is 5.49. The highest BCUT2D eigenvalue weighted by molar-refractivity contribution is 6.31. The third kappa shape index (κ3) is 4.37. The molecule has 0 aromatic heterocycles. The van der Waals surface area contributed by atoms with Crippen LogP contribution in [0.15, 0.2) is 66.7 Å².